The van der Waals surface area contributed by atoms with E-state index in [1.165, 1.54) is 12.1 Å². The Kier molecular flexibility index (Phi) is 4.31. The largest absolute Gasteiger partial charge is 0.348 e. The van der Waals surface area contributed by atoms with E-state index in [1.54, 1.807) is 12.1 Å². The van der Waals surface area contributed by atoms with Crippen molar-refractivity contribution in [2.75, 3.05) is 6.54 Å². The van der Waals surface area contributed by atoms with Gasteiger partial charge in [0.15, 0.2) is 0 Å². The number of amides is 1. The van der Waals surface area contributed by atoms with Crippen LogP contribution in [0.2, 0.25) is 0 Å². The lowest BCUT2D eigenvalue weighted by atomic mass is 10.0. The van der Waals surface area contributed by atoms with Gasteiger partial charge >= 0.3 is 0 Å². The maximum absolute atomic E-state index is 12.8. The van der Waals surface area contributed by atoms with Crippen LogP contribution in [0.3, 0.4) is 0 Å². The second-order valence-electron chi connectivity index (χ2n) is 4.78. The molecule has 3 nitrogen and oxygen atoms in total. The summed E-state index contributed by atoms with van der Waals surface area (Å²) in [5.41, 5.74) is 0.917. The monoisotopic (exact) mass is 250 g/mol. The Morgan fingerprint density at radius 2 is 2.11 bits per heavy atom. The first-order chi connectivity index (χ1) is 8.66. The SMILES string of the molecule is C[C@H](NC(=O)[C@@H]1CCCCN1)c1ccc(F)cc1. The molecule has 18 heavy (non-hydrogen) atoms. The van der Waals surface area contributed by atoms with Crippen LogP contribution in [-0.4, -0.2) is 18.5 Å². The lowest BCUT2D eigenvalue weighted by Gasteiger charge is -2.24. The van der Waals surface area contributed by atoms with Crippen molar-refractivity contribution < 1.29 is 9.18 Å². The summed E-state index contributed by atoms with van der Waals surface area (Å²) in [4.78, 5) is 12.0. The molecular formula is C14H19FN2O. The molecule has 2 N–H and O–H groups in total. The van der Waals surface area contributed by atoms with Crippen LogP contribution in [0.25, 0.3) is 0 Å². The van der Waals surface area contributed by atoms with E-state index in [2.05, 4.69) is 10.6 Å². The van der Waals surface area contributed by atoms with Crippen molar-refractivity contribution >= 4 is 5.91 Å². The lowest BCUT2D eigenvalue weighted by Crippen LogP contribution is -2.47. The number of hydrogen-bond donors (Lipinski definition) is 2. The molecule has 0 saturated carbocycles. The van der Waals surface area contributed by atoms with Crippen LogP contribution >= 0.6 is 0 Å². The number of nitrogens with one attached hydrogen (secondary N) is 2. The number of carbonyl (C=O) groups is 1. The van der Waals surface area contributed by atoms with Crippen molar-refractivity contribution in [1.29, 1.82) is 0 Å². The molecule has 1 aliphatic rings. The first kappa shape index (κ1) is 13.0. The van der Waals surface area contributed by atoms with Gasteiger partial charge in [-0.15, -0.1) is 0 Å². The molecule has 0 unspecified atom stereocenters. The molecule has 1 heterocycles. The molecule has 1 saturated heterocycles. The summed E-state index contributed by atoms with van der Waals surface area (Å²) in [7, 11) is 0. The van der Waals surface area contributed by atoms with E-state index in [0.717, 1.165) is 31.4 Å². The highest BCUT2D eigenvalue weighted by Crippen LogP contribution is 2.14. The molecule has 1 fully saturated rings. The molecule has 1 aromatic carbocycles. The maximum Gasteiger partial charge on any atom is 0.237 e. The number of hydrogen-bond acceptors (Lipinski definition) is 2. The number of benzene rings is 1. The molecule has 1 aromatic rings. The Labute approximate surface area is 107 Å². The minimum Gasteiger partial charge on any atom is -0.348 e. The van der Waals surface area contributed by atoms with Crippen molar-refractivity contribution in [3.05, 3.63) is 35.6 Å². The lowest BCUT2D eigenvalue weighted by molar-refractivity contribution is -0.124. The first-order valence-corrected chi connectivity index (χ1v) is 6.46. The summed E-state index contributed by atoms with van der Waals surface area (Å²) in [6, 6.07) is 6.06. The van der Waals surface area contributed by atoms with Crippen LogP contribution in [0.5, 0.6) is 0 Å². The van der Waals surface area contributed by atoms with E-state index in [-0.39, 0.29) is 23.8 Å². The zero-order valence-corrected chi connectivity index (χ0v) is 10.6. The third-order valence-electron chi connectivity index (χ3n) is 3.36. The first-order valence-electron chi connectivity index (χ1n) is 6.46. The smallest absolute Gasteiger partial charge is 0.237 e. The summed E-state index contributed by atoms with van der Waals surface area (Å²) < 4.78 is 12.8. The molecule has 0 bridgehead atoms. The highest BCUT2D eigenvalue weighted by molar-refractivity contribution is 5.82. The predicted octanol–water partition coefficient (Wildman–Crippen LogP) is 2.14. The molecule has 4 heteroatoms. The fourth-order valence-corrected chi connectivity index (χ4v) is 2.22. The molecule has 1 amide bonds. The molecular weight excluding hydrogens is 231 g/mol. The number of halogens is 1. The van der Waals surface area contributed by atoms with Gasteiger partial charge in [0.1, 0.15) is 5.82 Å². The minimum absolute atomic E-state index is 0.0338. The second-order valence-corrected chi connectivity index (χ2v) is 4.78. The van der Waals surface area contributed by atoms with Gasteiger partial charge in [0.05, 0.1) is 12.1 Å². The Morgan fingerprint density at radius 3 is 2.72 bits per heavy atom. The van der Waals surface area contributed by atoms with Gasteiger partial charge in [-0.1, -0.05) is 18.6 Å². The van der Waals surface area contributed by atoms with Crippen LogP contribution in [-0.2, 0) is 4.79 Å². The van der Waals surface area contributed by atoms with Gasteiger partial charge in [-0.2, -0.15) is 0 Å². The molecule has 0 spiro atoms. The number of rotatable bonds is 3. The van der Waals surface area contributed by atoms with Gasteiger partial charge in [-0.3, -0.25) is 4.79 Å². The van der Waals surface area contributed by atoms with Crippen LogP contribution in [0.15, 0.2) is 24.3 Å². The van der Waals surface area contributed by atoms with Gasteiger partial charge in [0, 0.05) is 0 Å². The normalized spacial score (nSPS) is 21.3. The Bertz CT molecular complexity index is 399. The van der Waals surface area contributed by atoms with E-state index in [4.69, 9.17) is 0 Å². The summed E-state index contributed by atoms with van der Waals surface area (Å²) in [5.74, 6) is -0.224. The number of carbonyl (C=O) groups excluding carboxylic acids is 1. The fourth-order valence-electron chi connectivity index (χ4n) is 2.22. The highest BCUT2D eigenvalue weighted by atomic mass is 19.1. The van der Waals surface area contributed by atoms with E-state index < -0.39 is 0 Å². The second kappa shape index (κ2) is 5.96. The third kappa shape index (κ3) is 3.29. The molecule has 2 atom stereocenters. The van der Waals surface area contributed by atoms with Gasteiger partial charge in [0.25, 0.3) is 0 Å². The third-order valence-corrected chi connectivity index (χ3v) is 3.36. The van der Waals surface area contributed by atoms with E-state index in [9.17, 15) is 9.18 Å². The molecule has 0 aliphatic carbocycles. The van der Waals surface area contributed by atoms with Crippen LogP contribution < -0.4 is 10.6 Å². The van der Waals surface area contributed by atoms with Gasteiger partial charge < -0.3 is 10.6 Å². The van der Waals surface area contributed by atoms with Crippen LogP contribution in [0.4, 0.5) is 4.39 Å². The summed E-state index contributed by atoms with van der Waals surface area (Å²) in [6.45, 7) is 2.82. The van der Waals surface area contributed by atoms with Crippen molar-refractivity contribution in [3.63, 3.8) is 0 Å². The summed E-state index contributed by atoms with van der Waals surface area (Å²) in [5, 5.41) is 6.17. The molecule has 0 aromatic heterocycles. The van der Waals surface area contributed by atoms with Crippen LogP contribution in [0.1, 0.15) is 37.8 Å². The topological polar surface area (TPSA) is 41.1 Å². The van der Waals surface area contributed by atoms with E-state index in [0.29, 0.717) is 0 Å². The molecule has 98 valence electrons. The van der Waals surface area contributed by atoms with Crippen molar-refractivity contribution in [1.82, 2.24) is 10.6 Å². The molecule has 1 aliphatic heterocycles. The Balaban J connectivity index is 1.91. The quantitative estimate of drug-likeness (QED) is 0.863. The van der Waals surface area contributed by atoms with E-state index >= 15 is 0 Å². The predicted molar refractivity (Wildman–Crippen MR) is 68.6 cm³/mol. The summed E-state index contributed by atoms with van der Waals surface area (Å²) in [6.07, 6.45) is 3.12. The van der Waals surface area contributed by atoms with Gasteiger partial charge in [-0.25, -0.2) is 4.39 Å². The Morgan fingerprint density at radius 1 is 1.39 bits per heavy atom. The van der Waals surface area contributed by atoms with Crippen molar-refractivity contribution in [2.45, 2.75) is 38.3 Å². The van der Waals surface area contributed by atoms with E-state index in [1.807, 2.05) is 6.92 Å². The average Bonchev–Trinajstić information content (AvgIpc) is 2.40. The zero-order valence-electron chi connectivity index (χ0n) is 10.6. The minimum atomic E-state index is -0.258. The van der Waals surface area contributed by atoms with Gasteiger partial charge in [-0.05, 0) is 44.0 Å². The zero-order chi connectivity index (χ0) is 13.0. The maximum atomic E-state index is 12.8. The number of piperidine rings is 1. The van der Waals surface area contributed by atoms with Crippen molar-refractivity contribution in [3.8, 4) is 0 Å². The highest BCUT2D eigenvalue weighted by Gasteiger charge is 2.21. The summed E-state index contributed by atoms with van der Waals surface area (Å²) >= 11 is 0. The molecule has 2 rings (SSSR count). The van der Waals surface area contributed by atoms with Crippen LogP contribution in [0, 0.1) is 5.82 Å². The van der Waals surface area contributed by atoms with Gasteiger partial charge in [0.2, 0.25) is 5.91 Å². The molecule has 0 radical (unpaired) electrons. The van der Waals surface area contributed by atoms with Crippen molar-refractivity contribution in [2.24, 2.45) is 0 Å². The fraction of sp³-hybridized carbons (Fsp3) is 0.500. The standard InChI is InChI=1S/C14H19FN2O/c1-10(11-5-7-12(15)8-6-11)17-14(18)13-4-2-3-9-16-13/h5-8,10,13,16H,2-4,9H2,1H3,(H,17,18)/t10-,13-/m0/s1. The Hall–Kier alpha value is -1.42. The average molecular weight is 250 g/mol.